The van der Waals surface area contributed by atoms with Gasteiger partial charge in [-0.25, -0.2) is 0 Å². The molecule has 1 heterocycles. The monoisotopic (exact) mass is 345 g/mol. The van der Waals surface area contributed by atoms with E-state index in [9.17, 15) is 5.26 Å². The lowest BCUT2D eigenvalue weighted by Gasteiger charge is -2.36. The molecule has 1 aliphatic rings. The molecule has 1 aromatic rings. The Balaban J connectivity index is 1.88. The van der Waals surface area contributed by atoms with E-state index in [4.69, 9.17) is 13.9 Å². The zero-order chi connectivity index (χ0) is 17.8. The maximum Gasteiger partial charge on any atom is 0.266 e. The molecule has 0 aliphatic carbocycles. The number of nitrogens with zero attached hydrogens (tertiary/aromatic N) is 1. The van der Waals surface area contributed by atoms with Crippen LogP contribution in [0.1, 0.15) is 39.0 Å². The van der Waals surface area contributed by atoms with Crippen LogP contribution in [0.15, 0.2) is 42.4 Å². The van der Waals surface area contributed by atoms with Gasteiger partial charge in [0.25, 0.3) is 6.29 Å². The van der Waals surface area contributed by atoms with Crippen molar-refractivity contribution in [1.82, 2.24) is 0 Å². The third-order valence-corrected chi connectivity index (χ3v) is 9.34. The summed E-state index contributed by atoms with van der Waals surface area (Å²) in [7, 11) is -1.79. The van der Waals surface area contributed by atoms with Crippen molar-refractivity contribution in [3.8, 4) is 6.07 Å². The fourth-order valence-electron chi connectivity index (χ4n) is 2.15. The van der Waals surface area contributed by atoms with Crippen LogP contribution < -0.4 is 0 Å². The van der Waals surface area contributed by atoms with Crippen molar-refractivity contribution in [2.24, 2.45) is 5.92 Å². The van der Waals surface area contributed by atoms with E-state index >= 15 is 0 Å². The van der Waals surface area contributed by atoms with Gasteiger partial charge in [-0.1, -0.05) is 51.1 Å². The topological polar surface area (TPSA) is 51.5 Å². The van der Waals surface area contributed by atoms with Gasteiger partial charge < -0.3 is 13.9 Å². The zero-order valence-corrected chi connectivity index (χ0v) is 16.2. The number of benzene rings is 1. The summed E-state index contributed by atoms with van der Waals surface area (Å²) in [6, 6.07) is 12.0. The number of hydrogen-bond donors (Lipinski definition) is 0. The molecule has 24 heavy (non-hydrogen) atoms. The fourth-order valence-corrected chi connectivity index (χ4v) is 3.21. The van der Waals surface area contributed by atoms with Crippen LogP contribution in [0.4, 0.5) is 0 Å². The molecule has 0 spiro atoms. The van der Waals surface area contributed by atoms with E-state index in [2.05, 4.69) is 39.9 Å². The predicted octanol–water partition coefficient (Wildman–Crippen LogP) is 5.13. The van der Waals surface area contributed by atoms with E-state index in [1.54, 1.807) is 6.26 Å². The quantitative estimate of drug-likeness (QED) is 0.671. The molecule has 0 saturated carbocycles. The Hall–Kier alpha value is -1.77. The van der Waals surface area contributed by atoms with Gasteiger partial charge in [0.1, 0.15) is 12.2 Å². The van der Waals surface area contributed by atoms with Crippen molar-refractivity contribution < 1.29 is 13.9 Å². The summed E-state index contributed by atoms with van der Waals surface area (Å²) in [6.07, 6.45) is 1.72. The first-order valence-corrected chi connectivity index (χ1v) is 11.3. The van der Waals surface area contributed by atoms with E-state index in [-0.39, 0.29) is 11.0 Å². The second-order valence-corrected chi connectivity index (χ2v) is 12.4. The van der Waals surface area contributed by atoms with E-state index in [0.717, 1.165) is 5.56 Å². The van der Waals surface area contributed by atoms with Crippen molar-refractivity contribution >= 4 is 8.32 Å². The molecule has 130 valence electrons. The Morgan fingerprint density at radius 3 is 2.50 bits per heavy atom. The van der Waals surface area contributed by atoms with Crippen LogP contribution in [0.5, 0.6) is 0 Å². The molecule has 0 bridgehead atoms. The second kappa shape index (κ2) is 7.41. The van der Waals surface area contributed by atoms with E-state index in [1.165, 1.54) is 0 Å². The maximum absolute atomic E-state index is 9.46. The number of ether oxygens (including phenoxy) is 2. The molecule has 1 aromatic carbocycles. The Labute approximate surface area is 146 Å². The number of rotatable bonds is 6. The van der Waals surface area contributed by atoms with E-state index < -0.39 is 14.6 Å². The third-order valence-electron chi connectivity index (χ3n) is 4.80. The molecule has 0 saturated heterocycles. The molecule has 2 rings (SSSR count). The molecule has 4 nitrogen and oxygen atoms in total. The van der Waals surface area contributed by atoms with E-state index in [0.29, 0.717) is 18.8 Å². The zero-order valence-electron chi connectivity index (χ0n) is 15.2. The Bertz CT molecular complexity index is 614. The summed E-state index contributed by atoms with van der Waals surface area (Å²) < 4.78 is 17.6. The van der Waals surface area contributed by atoms with Gasteiger partial charge in [0.2, 0.25) is 0 Å². The van der Waals surface area contributed by atoms with Crippen LogP contribution >= 0.6 is 0 Å². The lowest BCUT2D eigenvalue weighted by Crippen LogP contribution is -2.41. The van der Waals surface area contributed by atoms with Gasteiger partial charge in [-0.3, -0.25) is 0 Å². The van der Waals surface area contributed by atoms with Crippen molar-refractivity contribution in [3.63, 3.8) is 0 Å². The smallest absolute Gasteiger partial charge is 0.266 e. The van der Waals surface area contributed by atoms with Gasteiger partial charge in [-0.05, 0) is 24.6 Å². The predicted molar refractivity (Wildman–Crippen MR) is 96.3 cm³/mol. The average molecular weight is 346 g/mol. The minimum Gasteiger partial charge on any atom is -0.455 e. The van der Waals surface area contributed by atoms with Gasteiger partial charge in [0, 0.05) is 12.2 Å². The Kier molecular flexibility index (Phi) is 5.73. The molecule has 5 heteroatoms. The first kappa shape index (κ1) is 18.6. The van der Waals surface area contributed by atoms with Crippen molar-refractivity contribution in [3.05, 3.63) is 47.9 Å². The highest BCUT2D eigenvalue weighted by Crippen LogP contribution is 2.37. The molecule has 0 N–H and O–H groups in total. The molecule has 0 aromatic heterocycles. The lowest BCUT2D eigenvalue weighted by molar-refractivity contribution is -0.0386. The first-order valence-electron chi connectivity index (χ1n) is 8.35. The number of allylic oxidation sites excluding steroid dienone is 1. The van der Waals surface area contributed by atoms with Crippen LogP contribution in [0.25, 0.3) is 0 Å². The van der Waals surface area contributed by atoms with Gasteiger partial charge in [-0.2, -0.15) is 5.26 Å². The van der Waals surface area contributed by atoms with Gasteiger partial charge in [0.15, 0.2) is 14.1 Å². The second-order valence-electron chi connectivity index (χ2n) is 7.60. The van der Waals surface area contributed by atoms with Gasteiger partial charge in [0.05, 0.1) is 6.07 Å². The molecule has 2 atom stereocenters. The minimum atomic E-state index is -1.79. The highest BCUT2D eigenvalue weighted by atomic mass is 28.4. The highest BCUT2D eigenvalue weighted by molar-refractivity contribution is 6.74. The van der Waals surface area contributed by atoms with Crippen LogP contribution in [0, 0.1) is 17.2 Å². The van der Waals surface area contributed by atoms with Crippen molar-refractivity contribution in [1.29, 1.82) is 5.26 Å². The van der Waals surface area contributed by atoms with Crippen LogP contribution in [-0.2, 0) is 13.9 Å². The summed E-state index contributed by atoms with van der Waals surface area (Å²) in [4.78, 5) is 0. The first-order chi connectivity index (χ1) is 11.2. The SMILES string of the molecule is CC(C)(C)[Si](C)(C)OCCC(C#N)C1=COC(c2ccccc2)O1. The largest absolute Gasteiger partial charge is 0.455 e. The average Bonchev–Trinajstić information content (AvgIpc) is 3.01. The maximum atomic E-state index is 9.46. The Morgan fingerprint density at radius 1 is 1.25 bits per heavy atom. The minimum absolute atomic E-state index is 0.166. The van der Waals surface area contributed by atoms with Crippen LogP contribution in [-0.4, -0.2) is 14.9 Å². The van der Waals surface area contributed by atoms with Crippen LogP contribution in [0.2, 0.25) is 18.1 Å². The molecular weight excluding hydrogens is 318 g/mol. The molecule has 0 amide bonds. The molecule has 1 aliphatic heterocycles. The van der Waals surface area contributed by atoms with Crippen molar-refractivity contribution in [2.75, 3.05) is 6.61 Å². The summed E-state index contributed by atoms with van der Waals surface area (Å²) in [6.45, 7) is 11.6. The lowest BCUT2D eigenvalue weighted by atomic mass is 10.1. The number of nitriles is 1. The van der Waals surface area contributed by atoms with E-state index in [1.807, 2.05) is 30.3 Å². The molecular formula is C19H27NO3Si. The highest BCUT2D eigenvalue weighted by Gasteiger charge is 2.37. The summed E-state index contributed by atoms with van der Waals surface area (Å²) in [5.74, 6) is 0.244. The summed E-state index contributed by atoms with van der Waals surface area (Å²) >= 11 is 0. The molecule has 0 radical (unpaired) electrons. The summed E-state index contributed by atoms with van der Waals surface area (Å²) in [5, 5.41) is 9.63. The number of hydrogen-bond acceptors (Lipinski definition) is 4. The summed E-state index contributed by atoms with van der Waals surface area (Å²) in [5.41, 5.74) is 0.943. The fraction of sp³-hybridized carbons (Fsp3) is 0.526. The van der Waals surface area contributed by atoms with Crippen LogP contribution in [0.3, 0.4) is 0 Å². The standard InChI is InChI=1S/C19H27NO3Si/c1-19(2,3)24(4,5)22-12-11-16(13-20)17-14-21-18(23-17)15-9-7-6-8-10-15/h6-10,14,16,18H,11-12H2,1-5H3. The van der Waals surface area contributed by atoms with Gasteiger partial charge in [-0.15, -0.1) is 0 Å². The normalized spacial score (nSPS) is 19.0. The molecule has 2 unspecified atom stereocenters. The van der Waals surface area contributed by atoms with Crippen molar-refractivity contribution in [2.45, 2.75) is 51.6 Å². The Morgan fingerprint density at radius 2 is 1.92 bits per heavy atom. The third kappa shape index (κ3) is 4.40. The van der Waals surface area contributed by atoms with Gasteiger partial charge >= 0.3 is 0 Å². The molecule has 0 fully saturated rings.